The van der Waals surface area contributed by atoms with Gasteiger partial charge in [-0.2, -0.15) is 0 Å². The molecular weight excluding hydrogens is 274 g/mol. The largest absolute Gasteiger partial charge is 0.399 e. The van der Waals surface area contributed by atoms with Crippen LogP contribution in [0.3, 0.4) is 0 Å². The van der Waals surface area contributed by atoms with Crippen LogP contribution in [0, 0.1) is 5.41 Å². The number of aromatic nitrogens is 1. The lowest BCUT2D eigenvalue weighted by molar-refractivity contribution is 0.318. The minimum atomic E-state index is -3.58. The SMILES string of the molecule is CC(NS(=O)(=O)c1c[nH]c2ccc(N)cc12)C(C)(C)C. The van der Waals surface area contributed by atoms with E-state index < -0.39 is 10.0 Å². The maximum atomic E-state index is 12.5. The van der Waals surface area contributed by atoms with E-state index in [2.05, 4.69) is 9.71 Å². The fraction of sp³-hybridized carbons (Fsp3) is 0.429. The van der Waals surface area contributed by atoms with Crippen molar-refractivity contribution in [3.05, 3.63) is 24.4 Å². The Labute approximate surface area is 119 Å². The van der Waals surface area contributed by atoms with E-state index in [1.54, 1.807) is 18.2 Å². The zero-order chi connectivity index (χ0) is 15.1. The molecule has 0 saturated heterocycles. The van der Waals surface area contributed by atoms with Crippen LogP contribution in [-0.2, 0) is 10.0 Å². The van der Waals surface area contributed by atoms with Gasteiger partial charge in [0, 0.05) is 28.8 Å². The molecule has 0 aliphatic carbocycles. The molecular formula is C14H21N3O2S. The fourth-order valence-electron chi connectivity index (χ4n) is 1.81. The Morgan fingerprint density at radius 2 is 1.95 bits per heavy atom. The Kier molecular flexibility index (Phi) is 3.56. The van der Waals surface area contributed by atoms with E-state index in [0.29, 0.717) is 11.1 Å². The van der Waals surface area contributed by atoms with Crippen molar-refractivity contribution in [3.8, 4) is 0 Å². The van der Waals surface area contributed by atoms with Crippen LogP contribution >= 0.6 is 0 Å². The van der Waals surface area contributed by atoms with Crippen molar-refractivity contribution in [1.82, 2.24) is 9.71 Å². The molecule has 1 heterocycles. The Balaban J connectivity index is 2.45. The number of aromatic amines is 1. The number of nitrogens with one attached hydrogen (secondary N) is 2. The van der Waals surface area contributed by atoms with E-state index in [-0.39, 0.29) is 16.4 Å². The second-order valence-electron chi connectivity index (χ2n) is 6.17. The summed E-state index contributed by atoms with van der Waals surface area (Å²) in [6, 6.07) is 5.00. The van der Waals surface area contributed by atoms with Crippen molar-refractivity contribution >= 4 is 26.6 Å². The van der Waals surface area contributed by atoms with Crippen LogP contribution in [-0.4, -0.2) is 19.4 Å². The topological polar surface area (TPSA) is 88.0 Å². The second kappa shape index (κ2) is 4.79. The van der Waals surface area contributed by atoms with Gasteiger partial charge in [-0.15, -0.1) is 0 Å². The van der Waals surface area contributed by atoms with Crippen molar-refractivity contribution in [2.24, 2.45) is 5.41 Å². The van der Waals surface area contributed by atoms with Crippen LogP contribution in [0.5, 0.6) is 0 Å². The number of nitrogen functional groups attached to an aromatic ring is 1. The number of hydrogen-bond donors (Lipinski definition) is 3. The molecule has 0 saturated carbocycles. The summed E-state index contributed by atoms with van der Waals surface area (Å²) in [5.41, 5.74) is 6.87. The number of sulfonamides is 1. The van der Waals surface area contributed by atoms with Crippen LogP contribution < -0.4 is 10.5 Å². The quantitative estimate of drug-likeness (QED) is 0.760. The predicted octanol–water partition coefficient (Wildman–Crippen LogP) is 2.46. The normalized spacial score (nSPS) is 14.6. The summed E-state index contributed by atoms with van der Waals surface area (Å²) in [7, 11) is -3.58. The van der Waals surface area contributed by atoms with Crippen molar-refractivity contribution < 1.29 is 8.42 Å². The van der Waals surface area contributed by atoms with Gasteiger partial charge in [-0.1, -0.05) is 20.8 Å². The van der Waals surface area contributed by atoms with Crippen LogP contribution in [0.15, 0.2) is 29.3 Å². The van der Waals surface area contributed by atoms with Gasteiger partial charge in [-0.25, -0.2) is 13.1 Å². The van der Waals surface area contributed by atoms with Gasteiger partial charge in [-0.05, 0) is 30.5 Å². The Morgan fingerprint density at radius 3 is 2.55 bits per heavy atom. The van der Waals surface area contributed by atoms with Gasteiger partial charge in [-0.3, -0.25) is 0 Å². The molecule has 0 amide bonds. The molecule has 1 unspecified atom stereocenters. The van der Waals surface area contributed by atoms with Crippen molar-refractivity contribution in [2.45, 2.75) is 38.6 Å². The number of fused-ring (bicyclic) bond motifs is 1. The fourth-order valence-corrected chi connectivity index (χ4v) is 3.43. The van der Waals surface area contributed by atoms with Gasteiger partial charge in [0.1, 0.15) is 4.90 Å². The molecule has 4 N–H and O–H groups in total. The highest BCUT2D eigenvalue weighted by atomic mass is 32.2. The summed E-state index contributed by atoms with van der Waals surface area (Å²) in [6.07, 6.45) is 1.50. The average molecular weight is 295 g/mol. The lowest BCUT2D eigenvalue weighted by atomic mass is 9.89. The highest BCUT2D eigenvalue weighted by molar-refractivity contribution is 7.89. The summed E-state index contributed by atoms with van der Waals surface area (Å²) >= 11 is 0. The van der Waals surface area contributed by atoms with Crippen molar-refractivity contribution in [3.63, 3.8) is 0 Å². The third-order valence-corrected chi connectivity index (χ3v) is 5.17. The number of nitrogens with two attached hydrogens (primary N) is 1. The van der Waals surface area contributed by atoms with Gasteiger partial charge in [0.2, 0.25) is 10.0 Å². The van der Waals surface area contributed by atoms with Crippen LogP contribution in [0.25, 0.3) is 10.9 Å². The summed E-state index contributed by atoms with van der Waals surface area (Å²) < 4.78 is 27.7. The Morgan fingerprint density at radius 1 is 1.30 bits per heavy atom. The summed E-state index contributed by atoms with van der Waals surface area (Å²) in [5, 5.41) is 0.610. The molecule has 1 aromatic carbocycles. The van der Waals surface area contributed by atoms with Gasteiger partial charge >= 0.3 is 0 Å². The number of anilines is 1. The lowest BCUT2D eigenvalue weighted by Gasteiger charge is -2.27. The highest BCUT2D eigenvalue weighted by Gasteiger charge is 2.27. The Bertz CT molecular complexity index is 726. The summed E-state index contributed by atoms with van der Waals surface area (Å²) in [6.45, 7) is 7.84. The zero-order valence-corrected chi connectivity index (χ0v) is 13.0. The molecule has 6 heteroatoms. The lowest BCUT2D eigenvalue weighted by Crippen LogP contribution is -2.41. The third-order valence-electron chi connectivity index (χ3n) is 3.59. The highest BCUT2D eigenvalue weighted by Crippen LogP contribution is 2.26. The maximum absolute atomic E-state index is 12.5. The van der Waals surface area contributed by atoms with E-state index in [1.807, 2.05) is 27.7 Å². The maximum Gasteiger partial charge on any atom is 0.242 e. The van der Waals surface area contributed by atoms with E-state index in [4.69, 9.17) is 5.73 Å². The molecule has 2 aromatic rings. The van der Waals surface area contributed by atoms with E-state index in [9.17, 15) is 8.42 Å². The monoisotopic (exact) mass is 295 g/mol. The molecule has 0 spiro atoms. The van der Waals surface area contributed by atoms with Gasteiger partial charge in [0.25, 0.3) is 0 Å². The molecule has 0 aliphatic heterocycles. The van der Waals surface area contributed by atoms with Gasteiger partial charge in [0.05, 0.1) is 0 Å². The van der Waals surface area contributed by atoms with Crippen LogP contribution in [0.4, 0.5) is 5.69 Å². The van der Waals surface area contributed by atoms with E-state index in [1.165, 1.54) is 6.20 Å². The molecule has 110 valence electrons. The first-order chi connectivity index (χ1) is 9.11. The predicted molar refractivity (Wildman–Crippen MR) is 81.9 cm³/mol. The molecule has 2 rings (SSSR count). The van der Waals surface area contributed by atoms with Gasteiger partial charge < -0.3 is 10.7 Å². The molecule has 1 atom stereocenters. The molecule has 0 aliphatic rings. The molecule has 20 heavy (non-hydrogen) atoms. The number of rotatable bonds is 3. The number of benzene rings is 1. The smallest absolute Gasteiger partial charge is 0.242 e. The molecule has 5 nitrogen and oxygen atoms in total. The molecule has 0 radical (unpaired) electrons. The average Bonchev–Trinajstić information content (AvgIpc) is 2.70. The third kappa shape index (κ3) is 2.81. The van der Waals surface area contributed by atoms with Crippen LogP contribution in [0.1, 0.15) is 27.7 Å². The molecule has 0 fully saturated rings. The first kappa shape index (κ1) is 14.9. The van der Waals surface area contributed by atoms with Crippen LogP contribution in [0.2, 0.25) is 0 Å². The van der Waals surface area contributed by atoms with Gasteiger partial charge in [0.15, 0.2) is 0 Å². The molecule has 0 bridgehead atoms. The summed E-state index contributed by atoms with van der Waals surface area (Å²) in [5.74, 6) is 0. The van der Waals surface area contributed by atoms with Crippen molar-refractivity contribution in [1.29, 1.82) is 0 Å². The van der Waals surface area contributed by atoms with Crippen molar-refractivity contribution in [2.75, 3.05) is 5.73 Å². The molecule has 1 aromatic heterocycles. The summed E-state index contributed by atoms with van der Waals surface area (Å²) in [4.78, 5) is 3.19. The first-order valence-corrected chi connectivity index (χ1v) is 7.98. The number of H-pyrrole nitrogens is 1. The Hall–Kier alpha value is -1.53. The zero-order valence-electron chi connectivity index (χ0n) is 12.2. The standard InChI is InChI=1S/C14H21N3O2S/c1-9(14(2,3)4)17-20(18,19)13-8-16-12-6-5-10(15)7-11(12)13/h5-9,16-17H,15H2,1-4H3. The number of hydrogen-bond acceptors (Lipinski definition) is 3. The van der Waals surface area contributed by atoms with E-state index >= 15 is 0 Å². The second-order valence-corrected chi connectivity index (χ2v) is 7.85. The minimum Gasteiger partial charge on any atom is -0.399 e. The first-order valence-electron chi connectivity index (χ1n) is 6.50. The minimum absolute atomic E-state index is 0.155. The van der Waals surface area contributed by atoms with E-state index in [0.717, 1.165) is 5.52 Å².